The Kier molecular flexibility index (Phi) is 7.92. The lowest BCUT2D eigenvalue weighted by Gasteiger charge is -2.13. The molecule has 0 saturated carbocycles. The number of halogens is 1. The van der Waals surface area contributed by atoms with Crippen LogP contribution >= 0.6 is 12.2 Å². The van der Waals surface area contributed by atoms with E-state index >= 15 is 0 Å². The molecule has 0 atom stereocenters. The van der Waals surface area contributed by atoms with Crippen LogP contribution in [0.5, 0.6) is 0 Å². The molecular weight excluding hydrogens is 343 g/mol. The lowest BCUT2D eigenvalue weighted by Crippen LogP contribution is -2.22. The summed E-state index contributed by atoms with van der Waals surface area (Å²) in [6, 6.07) is 9.27. The molecule has 0 aliphatic heterocycles. The molecule has 0 fully saturated rings. The van der Waals surface area contributed by atoms with Crippen molar-refractivity contribution in [3.8, 4) is 0 Å². The number of benzene rings is 1. The van der Waals surface area contributed by atoms with Crippen molar-refractivity contribution in [3.05, 3.63) is 71.3 Å². The number of aryl methyl sites for hydroxylation is 2. The molecule has 0 saturated heterocycles. The fourth-order valence-electron chi connectivity index (χ4n) is 2.91. The van der Waals surface area contributed by atoms with Gasteiger partial charge in [-0.05, 0) is 49.1 Å². The van der Waals surface area contributed by atoms with Crippen molar-refractivity contribution in [2.45, 2.75) is 52.4 Å². The van der Waals surface area contributed by atoms with Gasteiger partial charge in [-0.25, -0.2) is 4.39 Å². The average Bonchev–Trinajstić information content (AvgIpc) is 2.60. The molecule has 1 N–H and O–H groups in total. The van der Waals surface area contributed by atoms with Crippen LogP contribution in [0.1, 0.15) is 55.0 Å². The molecule has 1 heterocycles. The lowest BCUT2D eigenvalue weighted by atomic mass is 10.0. The minimum absolute atomic E-state index is 0.135. The third-order valence-corrected chi connectivity index (χ3v) is 4.65. The smallest absolute Gasteiger partial charge is 0.126 e. The Bertz CT molecular complexity index is 770. The summed E-state index contributed by atoms with van der Waals surface area (Å²) in [4.78, 5) is 4.87. The predicted octanol–water partition coefficient (Wildman–Crippen LogP) is 5.78. The normalized spacial score (nSPS) is 10.6. The zero-order valence-corrected chi connectivity index (χ0v) is 16.5. The van der Waals surface area contributed by atoms with E-state index in [1.54, 1.807) is 12.3 Å². The summed E-state index contributed by atoms with van der Waals surface area (Å²) in [5.41, 5.74) is 4.20. The molecule has 2 aromatic rings. The van der Waals surface area contributed by atoms with Gasteiger partial charge in [-0.15, -0.1) is 0 Å². The maximum atomic E-state index is 14.3. The molecular formula is C22H27FN2S. The number of nitrogens with one attached hydrogen (secondary N) is 1. The first-order valence-electron chi connectivity index (χ1n) is 9.19. The van der Waals surface area contributed by atoms with Crippen molar-refractivity contribution in [2.75, 3.05) is 0 Å². The van der Waals surface area contributed by atoms with Crippen LogP contribution < -0.4 is 5.32 Å². The fraction of sp³-hybridized carbons (Fsp3) is 0.364. The Morgan fingerprint density at radius 3 is 2.73 bits per heavy atom. The Labute approximate surface area is 161 Å². The van der Waals surface area contributed by atoms with Gasteiger partial charge in [-0.2, -0.15) is 0 Å². The van der Waals surface area contributed by atoms with Crippen LogP contribution in [0.4, 0.5) is 4.39 Å². The molecule has 4 heteroatoms. The number of pyridine rings is 1. The third kappa shape index (κ3) is 6.03. The van der Waals surface area contributed by atoms with Crippen LogP contribution in [0.3, 0.4) is 0 Å². The van der Waals surface area contributed by atoms with Crippen molar-refractivity contribution in [3.63, 3.8) is 0 Å². The van der Waals surface area contributed by atoms with Crippen LogP contribution in [-0.4, -0.2) is 9.97 Å². The van der Waals surface area contributed by atoms with E-state index < -0.39 is 0 Å². The number of nitrogens with zero attached hydrogens (tertiary/aromatic N) is 1. The number of hydrogen-bond donors (Lipinski definition) is 1. The van der Waals surface area contributed by atoms with Crippen molar-refractivity contribution in [2.24, 2.45) is 0 Å². The summed E-state index contributed by atoms with van der Waals surface area (Å²) < 4.78 is 14.3. The van der Waals surface area contributed by atoms with Gasteiger partial charge in [0.1, 0.15) is 5.82 Å². The number of rotatable bonds is 9. The molecule has 0 bridgehead atoms. The maximum Gasteiger partial charge on any atom is 0.126 e. The highest BCUT2D eigenvalue weighted by atomic mass is 32.1. The monoisotopic (exact) mass is 370 g/mol. The maximum absolute atomic E-state index is 14.3. The average molecular weight is 371 g/mol. The second-order valence-corrected chi connectivity index (χ2v) is 7.07. The van der Waals surface area contributed by atoms with Crippen molar-refractivity contribution in [1.29, 1.82) is 0 Å². The van der Waals surface area contributed by atoms with Gasteiger partial charge in [0.15, 0.2) is 0 Å². The van der Waals surface area contributed by atoms with Gasteiger partial charge in [0.05, 0.1) is 4.99 Å². The molecule has 0 unspecified atom stereocenters. The SMILES string of the molecule is C=C(NC(=S)Cc1ccc(CCCCCC)c(F)c1)c1cccnc1C. The van der Waals surface area contributed by atoms with E-state index in [9.17, 15) is 4.39 Å². The summed E-state index contributed by atoms with van der Waals surface area (Å²) in [6.07, 6.45) is 7.62. The predicted molar refractivity (Wildman–Crippen MR) is 112 cm³/mol. The Morgan fingerprint density at radius 2 is 2.04 bits per heavy atom. The second-order valence-electron chi connectivity index (χ2n) is 6.58. The van der Waals surface area contributed by atoms with Crippen molar-refractivity contribution in [1.82, 2.24) is 10.3 Å². The van der Waals surface area contributed by atoms with Crippen molar-refractivity contribution < 1.29 is 4.39 Å². The molecule has 2 nitrogen and oxygen atoms in total. The zero-order chi connectivity index (χ0) is 18.9. The summed E-state index contributed by atoms with van der Waals surface area (Å²) >= 11 is 5.42. The zero-order valence-electron chi connectivity index (χ0n) is 15.6. The van der Waals surface area contributed by atoms with Gasteiger partial charge in [-0.3, -0.25) is 4.98 Å². The molecule has 2 rings (SSSR count). The van der Waals surface area contributed by atoms with Crippen LogP contribution in [0.15, 0.2) is 43.1 Å². The van der Waals surface area contributed by atoms with E-state index in [0.29, 0.717) is 17.1 Å². The van der Waals surface area contributed by atoms with Gasteiger partial charge in [-0.1, -0.05) is 57.1 Å². The first kappa shape index (κ1) is 20.2. The van der Waals surface area contributed by atoms with Gasteiger partial charge in [0.25, 0.3) is 0 Å². The van der Waals surface area contributed by atoms with E-state index in [1.165, 1.54) is 12.8 Å². The van der Waals surface area contributed by atoms with Crippen LogP contribution in [-0.2, 0) is 12.8 Å². The highest BCUT2D eigenvalue weighted by Gasteiger charge is 2.08. The third-order valence-electron chi connectivity index (χ3n) is 4.40. The summed E-state index contributed by atoms with van der Waals surface area (Å²) in [5.74, 6) is -0.135. The summed E-state index contributed by atoms with van der Waals surface area (Å²) in [6.45, 7) is 8.14. The quantitative estimate of drug-likeness (QED) is 0.447. The van der Waals surface area contributed by atoms with E-state index in [1.807, 2.05) is 31.2 Å². The number of aromatic nitrogens is 1. The standard InChI is InChI=1S/C22H27FN2S/c1-4-5-6-7-9-19-12-11-18(14-21(19)23)15-22(26)25-17(3)20-10-8-13-24-16(20)2/h8,10-14H,3-7,9,15H2,1-2H3,(H,25,26). The Balaban J connectivity index is 1.91. The second kappa shape index (κ2) is 10.2. The fourth-order valence-corrected chi connectivity index (χ4v) is 3.20. The summed E-state index contributed by atoms with van der Waals surface area (Å²) in [5, 5.41) is 3.14. The molecule has 0 aliphatic carbocycles. The molecule has 0 radical (unpaired) electrons. The highest BCUT2D eigenvalue weighted by molar-refractivity contribution is 7.80. The number of unbranched alkanes of at least 4 members (excludes halogenated alkanes) is 3. The topological polar surface area (TPSA) is 24.9 Å². The molecule has 0 aliphatic rings. The molecule has 138 valence electrons. The lowest BCUT2D eigenvalue weighted by molar-refractivity contribution is 0.592. The largest absolute Gasteiger partial charge is 0.350 e. The van der Waals surface area contributed by atoms with Gasteiger partial charge >= 0.3 is 0 Å². The molecule has 26 heavy (non-hydrogen) atoms. The van der Waals surface area contributed by atoms with Crippen molar-refractivity contribution >= 4 is 22.9 Å². The molecule has 1 aromatic carbocycles. The Morgan fingerprint density at radius 1 is 1.23 bits per heavy atom. The minimum atomic E-state index is -0.135. The Hall–Kier alpha value is -2.07. The van der Waals surface area contributed by atoms with Gasteiger partial charge < -0.3 is 5.32 Å². The number of thiocarbonyl (C=S) groups is 1. The van der Waals surface area contributed by atoms with Gasteiger partial charge in [0, 0.05) is 29.6 Å². The first-order chi connectivity index (χ1) is 12.5. The molecule has 0 spiro atoms. The number of hydrogen-bond acceptors (Lipinski definition) is 2. The van der Waals surface area contributed by atoms with E-state index in [2.05, 4.69) is 23.8 Å². The van der Waals surface area contributed by atoms with E-state index in [4.69, 9.17) is 12.2 Å². The van der Waals surface area contributed by atoms with Gasteiger partial charge in [0.2, 0.25) is 0 Å². The van der Waals surface area contributed by atoms with E-state index in [0.717, 1.165) is 41.6 Å². The van der Waals surface area contributed by atoms with Crippen LogP contribution in [0.25, 0.3) is 5.70 Å². The summed E-state index contributed by atoms with van der Waals surface area (Å²) in [7, 11) is 0. The molecule has 0 amide bonds. The van der Waals surface area contributed by atoms with Crippen LogP contribution in [0, 0.1) is 12.7 Å². The van der Waals surface area contributed by atoms with E-state index in [-0.39, 0.29) is 5.82 Å². The first-order valence-corrected chi connectivity index (χ1v) is 9.60. The molecule has 1 aromatic heterocycles. The minimum Gasteiger partial charge on any atom is -0.350 e. The van der Waals surface area contributed by atoms with Crippen LogP contribution in [0.2, 0.25) is 0 Å². The highest BCUT2D eigenvalue weighted by Crippen LogP contribution is 2.16.